The fourth-order valence-electron chi connectivity index (χ4n) is 1.18. The minimum atomic E-state index is -0.209. The Bertz CT molecular complexity index is 380. The lowest BCUT2D eigenvalue weighted by Crippen LogP contribution is -2.36. The molecule has 5 heteroatoms. The Morgan fingerprint density at radius 3 is 2.81 bits per heavy atom. The maximum atomic E-state index is 11.8. The van der Waals surface area contributed by atoms with Gasteiger partial charge < -0.3 is 10.4 Å². The minimum absolute atomic E-state index is 0.0552. The molecular weight excluding hydrogens is 340 g/mol. The summed E-state index contributed by atoms with van der Waals surface area (Å²) in [4.78, 5) is 11.8. The summed E-state index contributed by atoms with van der Waals surface area (Å²) in [5.41, 5.74) is 0.511. The Balaban J connectivity index is 2.76. The first-order valence-corrected chi connectivity index (χ1v) is 6.41. The summed E-state index contributed by atoms with van der Waals surface area (Å²) < 4.78 is 0.907. The van der Waals surface area contributed by atoms with E-state index in [-0.39, 0.29) is 18.6 Å². The fraction of sp³-hybridized carbons (Fsp3) is 0.364. The third-order valence-electron chi connectivity index (χ3n) is 2.23. The van der Waals surface area contributed by atoms with Crippen LogP contribution in [0, 0.1) is 3.57 Å². The molecule has 0 aliphatic heterocycles. The zero-order chi connectivity index (χ0) is 12.1. The number of hydrogen-bond acceptors (Lipinski definition) is 2. The molecule has 0 bridgehead atoms. The standard InChI is InChI=1S/C11H13ClINO2/c1-2-8(6-15)14-11(16)7-3-4-10(13)9(12)5-7/h3-5,8,15H,2,6H2,1H3,(H,14,16)/t8-/m0/s1. The maximum Gasteiger partial charge on any atom is 0.251 e. The van der Waals surface area contributed by atoms with Gasteiger partial charge in [-0.05, 0) is 47.2 Å². The first kappa shape index (κ1) is 13.7. The lowest BCUT2D eigenvalue weighted by molar-refractivity contribution is 0.0915. The molecule has 0 aliphatic carbocycles. The monoisotopic (exact) mass is 353 g/mol. The van der Waals surface area contributed by atoms with Crippen LogP contribution in [0.5, 0.6) is 0 Å². The highest BCUT2D eigenvalue weighted by molar-refractivity contribution is 14.1. The van der Waals surface area contributed by atoms with Crippen molar-refractivity contribution in [1.82, 2.24) is 5.32 Å². The molecule has 0 radical (unpaired) electrons. The molecule has 1 atom stereocenters. The topological polar surface area (TPSA) is 49.3 Å². The van der Waals surface area contributed by atoms with Crippen molar-refractivity contribution >= 4 is 40.1 Å². The van der Waals surface area contributed by atoms with Gasteiger partial charge in [-0.1, -0.05) is 18.5 Å². The van der Waals surface area contributed by atoms with Crippen LogP contribution < -0.4 is 5.32 Å². The van der Waals surface area contributed by atoms with Gasteiger partial charge in [0.05, 0.1) is 17.7 Å². The summed E-state index contributed by atoms with van der Waals surface area (Å²) in [6.07, 6.45) is 0.695. The predicted molar refractivity (Wildman–Crippen MR) is 72.8 cm³/mol. The first-order chi connectivity index (χ1) is 7.58. The number of halogens is 2. The molecule has 3 nitrogen and oxygen atoms in total. The predicted octanol–water partition coefficient (Wildman–Crippen LogP) is 2.45. The van der Waals surface area contributed by atoms with E-state index < -0.39 is 0 Å². The van der Waals surface area contributed by atoms with Crippen LogP contribution in [0.3, 0.4) is 0 Å². The van der Waals surface area contributed by atoms with Gasteiger partial charge in [-0.15, -0.1) is 0 Å². The number of hydrogen-bond donors (Lipinski definition) is 2. The third kappa shape index (κ3) is 3.61. The second-order valence-electron chi connectivity index (χ2n) is 3.39. The van der Waals surface area contributed by atoms with Crippen LogP contribution in [0.4, 0.5) is 0 Å². The maximum absolute atomic E-state index is 11.8. The van der Waals surface area contributed by atoms with Crippen LogP contribution in [0.2, 0.25) is 5.02 Å². The van der Waals surface area contributed by atoms with E-state index in [0.717, 1.165) is 3.57 Å². The van der Waals surface area contributed by atoms with Gasteiger partial charge >= 0.3 is 0 Å². The van der Waals surface area contributed by atoms with Crippen LogP contribution >= 0.6 is 34.2 Å². The molecule has 0 aliphatic rings. The van der Waals surface area contributed by atoms with Gasteiger partial charge in [0.25, 0.3) is 5.91 Å². The summed E-state index contributed by atoms with van der Waals surface area (Å²) in [7, 11) is 0. The molecular formula is C11H13ClINO2. The highest BCUT2D eigenvalue weighted by Crippen LogP contribution is 2.19. The minimum Gasteiger partial charge on any atom is -0.394 e. The lowest BCUT2D eigenvalue weighted by atomic mass is 10.2. The smallest absolute Gasteiger partial charge is 0.251 e. The van der Waals surface area contributed by atoms with E-state index in [1.54, 1.807) is 18.2 Å². The molecule has 0 saturated carbocycles. The van der Waals surface area contributed by atoms with Crippen LogP contribution in [0.25, 0.3) is 0 Å². The van der Waals surface area contributed by atoms with Crippen molar-refractivity contribution in [1.29, 1.82) is 0 Å². The van der Waals surface area contributed by atoms with E-state index in [1.807, 2.05) is 6.92 Å². The quantitative estimate of drug-likeness (QED) is 0.817. The first-order valence-electron chi connectivity index (χ1n) is 4.95. The summed E-state index contributed by atoms with van der Waals surface area (Å²) in [6.45, 7) is 1.85. The Hall–Kier alpha value is -0.330. The molecule has 2 N–H and O–H groups in total. The summed E-state index contributed by atoms with van der Waals surface area (Å²) in [5, 5.41) is 12.3. The number of carbonyl (C=O) groups excluding carboxylic acids is 1. The van der Waals surface area contributed by atoms with Gasteiger partial charge in [-0.2, -0.15) is 0 Å². The number of aliphatic hydroxyl groups excluding tert-OH is 1. The molecule has 1 rings (SSSR count). The molecule has 1 aromatic carbocycles. The summed E-state index contributed by atoms with van der Waals surface area (Å²) in [6, 6.07) is 4.93. The van der Waals surface area contributed by atoms with Crippen LogP contribution in [-0.2, 0) is 0 Å². The number of amides is 1. The molecule has 0 saturated heterocycles. The van der Waals surface area contributed by atoms with Gasteiger partial charge in [0.2, 0.25) is 0 Å². The van der Waals surface area contributed by atoms with E-state index in [1.165, 1.54) is 0 Å². The lowest BCUT2D eigenvalue weighted by Gasteiger charge is -2.14. The van der Waals surface area contributed by atoms with Crippen molar-refractivity contribution in [2.75, 3.05) is 6.61 Å². The molecule has 88 valence electrons. The Kier molecular flexibility index (Phi) is 5.51. The van der Waals surface area contributed by atoms with Crippen molar-refractivity contribution in [3.8, 4) is 0 Å². The SMILES string of the molecule is CC[C@@H](CO)NC(=O)c1ccc(I)c(Cl)c1. The second kappa shape index (κ2) is 6.42. The average Bonchev–Trinajstić information content (AvgIpc) is 2.29. The number of aliphatic hydroxyl groups is 1. The third-order valence-corrected chi connectivity index (χ3v) is 3.80. The molecule has 0 heterocycles. The van der Waals surface area contributed by atoms with E-state index in [9.17, 15) is 4.79 Å². The van der Waals surface area contributed by atoms with Crippen molar-refractivity contribution in [2.24, 2.45) is 0 Å². The number of rotatable bonds is 4. The molecule has 1 amide bonds. The van der Waals surface area contributed by atoms with Crippen LogP contribution in [0.15, 0.2) is 18.2 Å². The van der Waals surface area contributed by atoms with Gasteiger partial charge in [-0.25, -0.2) is 0 Å². The van der Waals surface area contributed by atoms with E-state index in [0.29, 0.717) is 17.0 Å². The van der Waals surface area contributed by atoms with Crippen LogP contribution in [-0.4, -0.2) is 23.7 Å². The van der Waals surface area contributed by atoms with Gasteiger partial charge in [0.15, 0.2) is 0 Å². The average molecular weight is 354 g/mol. The molecule has 0 spiro atoms. The molecule has 16 heavy (non-hydrogen) atoms. The largest absolute Gasteiger partial charge is 0.394 e. The van der Waals surface area contributed by atoms with Crippen molar-refractivity contribution in [2.45, 2.75) is 19.4 Å². The van der Waals surface area contributed by atoms with Gasteiger partial charge in [-0.3, -0.25) is 4.79 Å². The van der Waals surface area contributed by atoms with Gasteiger partial charge in [0, 0.05) is 9.13 Å². The van der Waals surface area contributed by atoms with Crippen LogP contribution in [0.1, 0.15) is 23.7 Å². The Labute approximate surface area is 113 Å². The molecule has 0 aromatic heterocycles. The Morgan fingerprint density at radius 1 is 1.62 bits per heavy atom. The fourth-order valence-corrected chi connectivity index (χ4v) is 1.70. The normalized spacial score (nSPS) is 12.2. The zero-order valence-corrected chi connectivity index (χ0v) is 11.7. The highest BCUT2D eigenvalue weighted by Gasteiger charge is 2.12. The van der Waals surface area contributed by atoms with E-state index in [4.69, 9.17) is 16.7 Å². The van der Waals surface area contributed by atoms with E-state index >= 15 is 0 Å². The van der Waals surface area contributed by atoms with Crippen molar-refractivity contribution in [3.05, 3.63) is 32.4 Å². The molecule has 0 unspecified atom stereocenters. The van der Waals surface area contributed by atoms with Crippen molar-refractivity contribution in [3.63, 3.8) is 0 Å². The number of carbonyl (C=O) groups is 1. The Morgan fingerprint density at radius 2 is 2.31 bits per heavy atom. The van der Waals surface area contributed by atoms with Gasteiger partial charge in [0.1, 0.15) is 0 Å². The zero-order valence-electron chi connectivity index (χ0n) is 8.84. The molecule has 0 fully saturated rings. The summed E-state index contributed by atoms with van der Waals surface area (Å²) >= 11 is 8.03. The second-order valence-corrected chi connectivity index (χ2v) is 4.96. The van der Waals surface area contributed by atoms with E-state index in [2.05, 4.69) is 27.9 Å². The number of benzene rings is 1. The summed E-state index contributed by atoms with van der Waals surface area (Å²) in [5.74, 6) is -0.209. The molecule has 1 aromatic rings. The van der Waals surface area contributed by atoms with Crippen molar-refractivity contribution < 1.29 is 9.90 Å². The highest BCUT2D eigenvalue weighted by atomic mass is 127. The number of nitrogens with one attached hydrogen (secondary N) is 1.